The monoisotopic (exact) mass is 421 g/mol. The summed E-state index contributed by atoms with van der Waals surface area (Å²) in [6.07, 6.45) is 2.83. The van der Waals surface area contributed by atoms with Crippen LogP contribution in [0.4, 0.5) is 4.39 Å². The van der Waals surface area contributed by atoms with Gasteiger partial charge in [-0.1, -0.05) is 58.8 Å². The van der Waals surface area contributed by atoms with Gasteiger partial charge in [0.2, 0.25) is 5.88 Å². The second kappa shape index (κ2) is 14.1. The smallest absolute Gasteiger partial charge is 0.243 e. The number of hydroxylamine groups is 1. The van der Waals surface area contributed by atoms with Crippen molar-refractivity contribution < 1.29 is 13.9 Å². The van der Waals surface area contributed by atoms with Gasteiger partial charge in [-0.25, -0.2) is 14.5 Å². The molecule has 7 nitrogen and oxygen atoms in total. The topological polar surface area (TPSA) is 84.6 Å². The molecule has 2 aromatic rings. The molecule has 2 heterocycles. The fourth-order valence-corrected chi connectivity index (χ4v) is 1.93. The number of hydrogen-bond donors (Lipinski definition) is 2. The Morgan fingerprint density at radius 3 is 2.38 bits per heavy atom. The number of nitrogens with zero attached hydrogens (tertiary/aromatic N) is 3. The van der Waals surface area contributed by atoms with Gasteiger partial charge in [0.15, 0.2) is 0 Å². The average molecular weight is 422 g/mol. The van der Waals surface area contributed by atoms with E-state index in [9.17, 15) is 4.39 Å². The van der Waals surface area contributed by atoms with E-state index in [1.807, 2.05) is 39.0 Å². The molecule has 9 heteroatoms. The molecule has 1 aromatic carbocycles. The Morgan fingerprint density at radius 2 is 1.97 bits per heavy atom. The Hall–Kier alpha value is -2.97. The number of aryl methyl sites for hydroxylation is 1. The molecule has 0 saturated heterocycles. The van der Waals surface area contributed by atoms with Crippen molar-refractivity contribution in [2.24, 2.45) is 4.99 Å². The molecule has 0 bridgehead atoms. The summed E-state index contributed by atoms with van der Waals surface area (Å²) in [4.78, 5) is 8.77. The van der Waals surface area contributed by atoms with Crippen LogP contribution < -0.4 is 10.8 Å². The van der Waals surface area contributed by atoms with Gasteiger partial charge in [-0.3, -0.25) is 0 Å². The number of halogens is 2. The van der Waals surface area contributed by atoms with Crippen molar-refractivity contribution in [2.75, 3.05) is 0 Å². The standard InChI is InChI=1S/C11H13N3O.C5H8N2O.C4H4ClF/c1-9-11(14-15-13-9)8-12-7-10-5-3-2-4-6-10;1-3-5-6-4(2)7-8-5;1-2-4(6)3-5/h2-6,12H,7-8H2,1H3;3H,1-2H3,(H,6,7);2-3H,1H2/b;5-3-;4-3-. The van der Waals surface area contributed by atoms with Crippen molar-refractivity contribution in [2.45, 2.75) is 33.9 Å². The van der Waals surface area contributed by atoms with Crippen molar-refractivity contribution >= 4 is 17.4 Å². The van der Waals surface area contributed by atoms with Gasteiger partial charge in [0, 0.05) is 18.6 Å². The summed E-state index contributed by atoms with van der Waals surface area (Å²) in [5.74, 6) is 0.942. The van der Waals surface area contributed by atoms with E-state index in [4.69, 9.17) is 16.4 Å². The van der Waals surface area contributed by atoms with E-state index < -0.39 is 5.83 Å². The lowest BCUT2D eigenvalue weighted by molar-refractivity contribution is 0.176. The first-order chi connectivity index (χ1) is 14.0. The molecule has 1 aliphatic rings. The van der Waals surface area contributed by atoms with Crippen LogP contribution in [0.5, 0.6) is 0 Å². The van der Waals surface area contributed by atoms with Crippen LogP contribution in [0.2, 0.25) is 0 Å². The van der Waals surface area contributed by atoms with Gasteiger partial charge in [0.05, 0.1) is 0 Å². The minimum absolute atomic E-state index is 0.503. The molecule has 0 atom stereocenters. The molecule has 0 spiro atoms. The predicted octanol–water partition coefficient (Wildman–Crippen LogP) is 4.69. The largest absolute Gasteiger partial charge is 0.361 e. The molecule has 0 radical (unpaired) electrons. The van der Waals surface area contributed by atoms with Crippen LogP contribution in [0.1, 0.15) is 30.8 Å². The zero-order valence-corrected chi connectivity index (χ0v) is 17.4. The minimum Gasteiger partial charge on any atom is -0.361 e. The Kier molecular flexibility index (Phi) is 11.7. The number of hydrogen-bond acceptors (Lipinski definition) is 7. The van der Waals surface area contributed by atoms with Crippen LogP contribution >= 0.6 is 11.6 Å². The Balaban J connectivity index is 0.000000252. The van der Waals surface area contributed by atoms with Crippen LogP contribution in [0.3, 0.4) is 0 Å². The third-order valence-electron chi connectivity index (χ3n) is 3.34. The quantitative estimate of drug-likeness (QED) is 0.681. The van der Waals surface area contributed by atoms with Gasteiger partial charge in [-0.2, -0.15) is 4.99 Å². The number of benzene rings is 1. The zero-order chi connectivity index (χ0) is 21.5. The summed E-state index contributed by atoms with van der Waals surface area (Å²) >= 11 is 4.84. The first-order valence-electron chi connectivity index (χ1n) is 8.75. The summed E-state index contributed by atoms with van der Waals surface area (Å²) in [5.41, 5.74) is 6.39. The molecule has 1 aliphatic heterocycles. The van der Waals surface area contributed by atoms with Gasteiger partial charge in [0.1, 0.15) is 23.1 Å². The Morgan fingerprint density at radius 1 is 1.24 bits per heavy atom. The molecule has 1 aromatic heterocycles. The predicted molar refractivity (Wildman–Crippen MR) is 112 cm³/mol. The maximum Gasteiger partial charge on any atom is 0.243 e. The molecule has 0 amide bonds. The SMILES string of the molecule is C/C=C1/N=C(C)NO1.C=C/C(F)=C/Cl.Cc1nonc1CNCc1ccccc1. The first-order valence-corrected chi connectivity index (χ1v) is 9.19. The number of aliphatic imine (C=N–C) groups is 1. The van der Waals surface area contributed by atoms with E-state index in [2.05, 4.69) is 49.4 Å². The van der Waals surface area contributed by atoms with E-state index in [1.54, 1.807) is 6.08 Å². The molecule has 0 unspecified atom stereocenters. The highest BCUT2D eigenvalue weighted by molar-refractivity contribution is 6.25. The highest BCUT2D eigenvalue weighted by atomic mass is 35.5. The molecule has 0 fully saturated rings. The third-order valence-corrected chi connectivity index (χ3v) is 3.55. The highest BCUT2D eigenvalue weighted by Crippen LogP contribution is 2.03. The summed E-state index contributed by atoms with van der Waals surface area (Å²) < 4.78 is 16.1. The Labute approximate surface area is 174 Å². The van der Waals surface area contributed by atoms with Crippen LogP contribution in [0, 0.1) is 6.92 Å². The van der Waals surface area contributed by atoms with E-state index in [0.717, 1.165) is 35.4 Å². The van der Waals surface area contributed by atoms with Gasteiger partial charge >= 0.3 is 0 Å². The molecule has 29 heavy (non-hydrogen) atoms. The van der Waals surface area contributed by atoms with Crippen molar-refractivity contribution in [3.8, 4) is 0 Å². The maximum atomic E-state index is 11.5. The molecule has 0 saturated carbocycles. The third kappa shape index (κ3) is 10.2. The van der Waals surface area contributed by atoms with Crippen LogP contribution in [-0.4, -0.2) is 16.1 Å². The Bertz CT molecular complexity index is 834. The molecule has 0 aliphatic carbocycles. The lowest BCUT2D eigenvalue weighted by Crippen LogP contribution is -2.13. The van der Waals surface area contributed by atoms with Crippen LogP contribution in [-0.2, 0) is 17.9 Å². The summed E-state index contributed by atoms with van der Waals surface area (Å²) in [6.45, 7) is 10.2. The summed E-state index contributed by atoms with van der Waals surface area (Å²) in [7, 11) is 0. The van der Waals surface area contributed by atoms with E-state index in [-0.39, 0.29) is 0 Å². The van der Waals surface area contributed by atoms with E-state index >= 15 is 0 Å². The molecular weight excluding hydrogens is 397 g/mol. The number of nitrogens with one attached hydrogen (secondary N) is 2. The lowest BCUT2D eigenvalue weighted by Gasteiger charge is -2.01. The normalized spacial score (nSPS) is 13.9. The van der Waals surface area contributed by atoms with E-state index in [0.29, 0.717) is 12.4 Å². The molecular formula is C20H25ClFN5O2. The average Bonchev–Trinajstić information content (AvgIpc) is 3.37. The van der Waals surface area contributed by atoms with E-state index in [1.165, 1.54) is 5.56 Å². The first kappa shape index (κ1) is 24.1. The number of amidine groups is 1. The summed E-state index contributed by atoms with van der Waals surface area (Å²) in [5, 5.41) is 10.8. The van der Waals surface area contributed by atoms with Crippen molar-refractivity contribution in [3.63, 3.8) is 0 Å². The highest BCUT2D eigenvalue weighted by Gasteiger charge is 2.04. The van der Waals surface area contributed by atoms with Crippen molar-refractivity contribution in [3.05, 3.63) is 83.3 Å². The lowest BCUT2D eigenvalue weighted by atomic mass is 10.2. The van der Waals surface area contributed by atoms with Crippen molar-refractivity contribution in [1.82, 2.24) is 21.1 Å². The minimum atomic E-state index is -0.503. The van der Waals surface area contributed by atoms with Gasteiger partial charge in [0.25, 0.3) is 0 Å². The fourth-order valence-electron chi connectivity index (χ4n) is 1.84. The van der Waals surface area contributed by atoms with Crippen LogP contribution in [0.25, 0.3) is 0 Å². The number of rotatable bonds is 5. The van der Waals surface area contributed by atoms with Gasteiger partial charge < -0.3 is 10.2 Å². The fraction of sp³-hybridized carbons (Fsp3) is 0.250. The maximum absolute atomic E-state index is 11.5. The van der Waals surface area contributed by atoms with Crippen LogP contribution in [0.15, 0.2) is 75.9 Å². The van der Waals surface area contributed by atoms with Crippen molar-refractivity contribution in [1.29, 1.82) is 0 Å². The second-order valence-corrected chi connectivity index (χ2v) is 5.83. The number of aromatic nitrogens is 2. The van der Waals surface area contributed by atoms with Gasteiger partial charge in [-0.15, -0.1) is 0 Å². The zero-order valence-electron chi connectivity index (χ0n) is 16.7. The second-order valence-electron chi connectivity index (χ2n) is 5.61. The molecule has 2 N–H and O–H groups in total. The number of allylic oxidation sites excluding steroid dienone is 3. The summed E-state index contributed by atoms with van der Waals surface area (Å²) in [6, 6.07) is 10.2. The molecule has 156 valence electrons. The van der Waals surface area contributed by atoms with Gasteiger partial charge in [-0.05, 0) is 38.5 Å². The molecule has 3 rings (SSSR count).